The minimum Gasteiger partial charge on any atom is -0.326 e. The van der Waals surface area contributed by atoms with Crippen LogP contribution in [0.5, 0.6) is 0 Å². The fourth-order valence-corrected chi connectivity index (χ4v) is 2.53. The third-order valence-corrected chi connectivity index (χ3v) is 3.55. The lowest BCUT2D eigenvalue weighted by atomic mass is 9.93. The van der Waals surface area contributed by atoms with Crippen LogP contribution in [-0.2, 0) is 9.59 Å². The normalized spacial score (nSPS) is 11.6. The Bertz CT molecular complexity index is 668. The Hall–Kier alpha value is -2.62. The maximum absolute atomic E-state index is 12.6. The molecule has 0 fully saturated rings. The predicted molar refractivity (Wildman–Crippen MR) is 93.5 cm³/mol. The van der Waals surface area contributed by atoms with Gasteiger partial charge in [0.15, 0.2) is 0 Å². The van der Waals surface area contributed by atoms with Crippen LogP contribution in [0.1, 0.15) is 38.2 Å². The van der Waals surface area contributed by atoms with E-state index in [1.165, 1.54) is 6.92 Å². The molecule has 2 N–H and O–H groups in total. The summed E-state index contributed by atoms with van der Waals surface area (Å²) in [6, 6.07) is 17.0. The van der Waals surface area contributed by atoms with Crippen LogP contribution in [0, 0.1) is 0 Å². The number of anilines is 2. The molecule has 4 heteroatoms. The second-order valence-electron chi connectivity index (χ2n) is 5.50. The maximum atomic E-state index is 12.6. The molecule has 0 saturated carbocycles. The molecule has 4 nitrogen and oxygen atoms in total. The van der Waals surface area contributed by atoms with Gasteiger partial charge in [0, 0.05) is 18.3 Å². The van der Waals surface area contributed by atoms with Gasteiger partial charge in [-0.15, -0.1) is 0 Å². The second kappa shape index (κ2) is 8.13. The average Bonchev–Trinajstić information content (AvgIpc) is 2.53. The third kappa shape index (κ3) is 4.95. The quantitative estimate of drug-likeness (QED) is 0.841. The van der Waals surface area contributed by atoms with E-state index in [9.17, 15) is 9.59 Å². The summed E-state index contributed by atoms with van der Waals surface area (Å²) in [5.74, 6) is -0.342. The van der Waals surface area contributed by atoms with Crippen LogP contribution < -0.4 is 10.6 Å². The molecule has 0 bridgehead atoms. The molecule has 2 amide bonds. The topological polar surface area (TPSA) is 58.2 Å². The molecule has 2 aromatic rings. The van der Waals surface area contributed by atoms with Gasteiger partial charge in [0.1, 0.15) is 0 Å². The first-order valence-electron chi connectivity index (χ1n) is 7.83. The molecule has 23 heavy (non-hydrogen) atoms. The van der Waals surface area contributed by atoms with Gasteiger partial charge >= 0.3 is 0 Å². The molecule has 0 spiro atoms. The molecule has 0 unspecified atom stereocenters. The summed E-state index contributed by atoms with van der Waals surface area (Å²) in [5, 5.41) is 5.66. The number of hydrogen-bond acceptors (Lipinski definition) is 2. The number of rotatable bonds is 6. The lowest BCUT2D eigenvalue weighted by Gasteiger charge is -2.17. The Kier molecular flexibility index (Phi) is 5.92. The monoisotopic (exact) mass is 310 g/mol. The zero-order valence-corrected chi connectivity index (χ0v) is 13.5. The number of carbonyl (C=O) groups is 2. The first-order chi connectivity index (χ1) is 11.1. The molecule has 0 radical (unpaired) electrons. The van der Waals surface area contributed by atoms with Crippen molar-refractivity contribution in [3.05, 3.63) is 60.2 Å². The zero-order chi connectivity index (χ0) is 16.7. The molecule has 0 saturated heterocycles. The Balaban J connectivity index is 2.14. The number of amides is 2. The van der Waals surface area contributed by atoms with Gasteiger partial charge in [-0.1, -0.05) is 49.7 Å². The first kappa shape index (κ1) is 16.7. The summed E-state index contributed by atoms with van der Waals surface area (Å²) in [6.45, 7) is 3.53. The molecule has 0 aliphatic heterocycles. The van der Waals surface area contributed by atoms with Crippen molar-refractivity contribution in [1.29, 1.82) is 0 Å². The Morgan fingerprint density at radius 1 is 0.957 bits per heavy atom. The number of benzene rings is 2. The van der Waals surface area contributed by atoms with Gasteiger partial charge in [0.2, 0.25) is 11.8 Å². The summed E-state index contributed by atoms with van der Waals surface area (Å²) >= 11 is 0. The lowest BCUT2D eigenvalue weighted by molar-refractivity contribution is -0.117. The van der Waals surface area contributed by atoms with Crippen molar-refractivity contribution in [1.82, 2.24) is 0 Å². The standard InChI is InChI=1S/C19H22N2O2/c1-3-8-18(15-9-5-4-6-10-15)19(23)21-17-12-7-11-16(13-17)20-14(2)22/h4-7,9-13,18H,3,8H2,1-2H3,(H,20,22)(H,21,23)/t18-/m0/s1. The minimum atomic E-state index is -0.175. The van der Waals surface area contributed by atoms with Crippen molar-refractivity contribution in [3.8, 4) is 0 Å². The van der Waals surface area contributed by atoms with Crippen molar-refractivity contribution in [2.45, 2.75) is 32.6 Å². The highest BCUT2D eigenvalue weighted by Crippen LogP contribution is 2.24. The zero-order valence-electron chi connectivity index (χ0n) is 13.5. The average molecular weight is 310 g/mol. The van der Waals surface area contributed by atoms with Gasteiger partial charge in [-0.25, -0.2) is 0 Å². The fraction of sp³-hybridized carbons (Fsp3) is 0.263. The van der Waals surface area contributed by atoms with E-state index in [4.69, 9.17) is 0 Å². The van der Waals surface area contributed by atoms with E-state index in [1.807, 2.05) is 36.4 Å². The van der Waals surface area contributed by atoms with Crippen molar-refractivity contribution >= 4 is 23.2 Å². The summed E-state index contributed by atoms with van der Waals surface area (Å²) < 4.78 is 0. The molecule has 2 aromatic carbocycles. The molecule has 1 atom stereocenters. The molecule has 0 aromatic heterocycles. The van der Waals surface area contributed by atoms with Crippen LogP contribution >= 0.6 is 0 Å². The number of nitrogens with one attached hydrogen (secondary N) is 2. The van der Waals surface area contributed by atoms with Crippen LogP contribution in [0.2, 0.25) is 0 Å². The molecular weight excluding hydrogens is 288 g/mol. The SMILES string of the molecule is CCC[C@H](C(=O)Nc1cccc(NC(C)=O)c1)c1ccccc1. The van der Waals surface area contributed by atoms with Crippen LogP contribution in [0.4, 0.5) is 11.4 Å². The van der Waals surface area contributed by atoms with Gasteiger partial charge < -0.3 is 10.6 Å². The Labute approximate surface area is 136 Å². The smallest absolute Gasteiger partial charge is 0.231 e. The van der Waals surface area contributed by atoms with Crippen molar-refractivity contribution in [2.75, 3.05) is 10.6 Å². The summed E-state index contributed by atoms with van der Waals surface area (Å²) in [7, 11) is 0. The first-order valence-corrected chi connectivity index (χ1v) is 7.83. The van der Waals surface area contributed by atoms with Crippen molar-refractivity contribution < 1.29 is 9.59 Å². The van der Waals surface area contributed by atoms with Crippen molar-refractivity contribution in [3.63, 3.8) is 0 Å². The maximum Gasteiger partial charge on any atom is 0.231 e. The highest BCUT2D eigenvalue weighted by Gasteiger charge is 2.19. The molecular formula is C19H22N2O2. The van der Waals surface area contributed by atoms with Crippen molar-refractivity contribution in [2.24, 2.45) is 0 Å². The fourth-order valence-electron chi connectivity index (χ4n) is 2.53. The Morgan fingerprint density at radius 2 is 1.61 bits per heavy atom. The van der Waals surface area contributed by atoms with E-state index in [0.717, 1.165) is 18.4 Å². The van der Waals surface area contributed by atoms with Gasteiger partial charge in [0.25, 0.3) is 0 Å². The van der Waals surface area contributed by atoms with Crippen LogP contribution in [0.25, 0.3) is 0 Å². The molecule has 120 valence electrons. The minimum absolute atomic E-state index is 0.0296. The largest absolute Gasteiger partial charge is 0.326 e. The van der Waals surface area contributed by atoms with E-state index < -0.39 is 0 Å². The third-order valence-electron chi connectivity index (χ3n) is 3.55. The summed E-state index contributed by atoms with van der Waals surface area (Å²) in [4.78, 5) is 23.8. The van der Waals surface area contributed by atoms with E-state index in [1.54, 1.807) is 18.2 Å². The van der Waals surface area contributed by atoms with Gasteiger partial charge in [-0.2, -0.15) is 0 Å². The second-order valence-corrected chi connectivity index (χ2v) is 5.50. The van der Waals surface area contributed by atoms with Gasteiger partial charge in [0.05, 0.1) is 5.92 Å². The van der Waals surface area contributed by atoms with Crippen LogP contribution in [0.3, 0.4) is 0 Å². The molecule has 0 heterocycles. The van der Waals surface area contributed by atoms with E-state index in [-0.39, 0.29) is 17.7 Å². The Morgan fingerprint density at radius 3 is 2.22 bits per heavy atom. The highest BCUT2D eigenvalue weighted by molar-refractivity contribution is 5.97. The van der Waals surface area contributed by atoms with E-state index in [0.29, 0.717) is 11.4 Å². The van der Waals surface area contributed by atoms with Gasteiger partial charge in [-0.05, 0) is 30.2 Å². The van der Waals surface area contributed by atoms with Crippen LogP contribution in [-0.4, -0.2) is 11.8 Å². The number of carbonyl (C=O) groups excluding carboxylic acids is 2. The highest BCUT2D eigenvalue weighted by atomic mass is 16.2. The summed E-state index contributed by atoms with van der Waals surface area (Å²) in [6.07, 6.45) is 1.72. The molecule has 2 rings (SSSR count). The van der Waals surface area contributed by atoms with Crippen LogP contribution in [0.15, 0.2) is 54.6 Å². The lowest BCUT2D eigenvalue weighted by Crippen LogP contribution is -2.21. The molecule has 0 aliphatic rings. The predicted octanol–water partition coefficient (Wildman–Crippen LogP) is 4.17. The van der Waals surface area contributed by atoms with E-state index >= 15 is 0 Å². The van der Waals surface area contributed by atoms with Gasteiger partial charge in [-0.3, -0.25) is 9.59 Å². The number of hydrogen-bond donors (Lipinski definition) is 2. The summed E-state index contributed by atoms with van der Waals surface area (Å²) in [5.41, 5.74) is 2.37. The van der Waals surface area contributed by atoms with E-state index in [2.05, 4.69) is 17.6 Å². The molecule has 0 aliphatic carbocycles.